The van der Waals surface area contributed by atoms with E-state index >= 15 is 0 Å². The summed E-state index contributed by atoms with van der Waals surface area (Å²) in [5, 5.41) is 9.32. The molecule has 1 saturated carbocycles. The van der Waals surface area contributed by atoms with Crippen LogP contribution in [0.5, 0.6) is 0 Å². The van der Waals surface area contributed by atoms with Crippen molar-refractivity contribution in [2.45, 2.75) is 45.6 Å². The Morgan fingerprint density at radius 2 is 1.63 bits per heavy atom. The Balaban J connectivity index is 2.35. The normalized spacial score (nSPS) is 18.6. The SMILES string of the molecule is CCN(CC)CCCN(CC)CC(N)(C#N)C1CC1. The number of likely N-dealkylation sites (N-methyl/N-ethyl adjacent to an activating group) is 1. The van der Waals surface area contributed by atoms with Gasteiger partial charge in [0, 0.05) is 6.54 Å². The first-order valence-electron chi connectivity index (χ1n) is 7.74. The van der Waals surface area contributed by atoms with E-state index in [9.17, 15) is 5.26 Å². The fourth-order valence-electron chi connectivity index (χ4n) is 2.63. The minimum Gasteiger partial charge on any atom is -0.312 e. The van der Waals surface area contributed by atoms with Crippen molar-refractivity contribution in [3.8, 4) is 6.07 Å². The van der Waals surface area contributed by atoms with Crippen molar-refractivity contribution in [3.63, 3.8) is 0 Å². The zero-order chi connectivity index (χ0) is 14.3. The maximum absolute atomic E-state index is 9.32. The molecule has 0 aromatic heterocycles. The molecule has 110 valence electrons. The van der Waals surface area contributed by atoms with Gasteiger partial charge in [-0.15, -0.1) is 0 Å². The third kappa shape index (κ3) is 5.10. The standard InChI is InChI=1S/C15H30N4/c1-4-18(5-2)10-7-11-19(6-3)13-15(17,12-16)14-8-9-14/h14H,4-11,13,17H2,1-3H3. The number of rotatable bonds is 10. The number of hydrogen-bond acceptors (Lipinski definition) is 4. The van der Waals surface area contributed by atoms with E-state index in [1.807, 2.05) is 0 Å². The lowest BCUT2D eigenvalue weighted by molar-refractivity contribution is 0.210. The molecule has 0 radical (unpaired) electrons. The van der Waals surface area contributed by atoms with Crippen molar-refractivity contribution in [1.82, 2.24) is 9.80 Å². The topological polar surface area (TPSA) is 56.3 Å². The molecule has 0 spiro atoms. The van der Waals surface area contributed by atoms with E-state index in [4.69, 9.17) is 5.73 Å². The Kier molecular flexibility index (Phi) is 6.78. The molecule has 0 amide bonds. The molecule has 4 heteroatoms. The molecule has 0 heterocycles. The molecule has 19 heavy (non-hydrogen) atoms. The van der Waals surface area contributed by atoms with E-state index in [1.165, 1.54) is 0 Å². The van der Waals surface area contributed by atoms with E-state index in [1.54, 1.807) is 0 Å². The molecule has 1 fully saturated rings. The van der Waals surface area contributed by atoms with Gasteiger partial charge in [0.1, 0.15) is 5.54 Å². The summed E-state index contributed by atoms with van der Waals surface area (Å²) in [4.78, 5) is 4.78. The number of nitriles is 1. The smallest absolute Gasteiger partial charge is 0.119 e. The summed E-state index contributed by atoms with van der Waals surface area (Å²) in [6, 6.07) is 2.35. The minimum absolute atomic E-state index is 0.425. The summed E-state index contributed by atoms with van der Waals surface area (Å²) >= 11 is 0. The average Bonchev–Trinajstić information content (AvgIpc) is 3.27. The lowest BCUT2D eigenvalue weighted by Gasteiger charge is -2.30. The third-order valence-electron chi connectivity index (χ3n) is 4.29. The molecule has 0 bridgehead atoms. The third-order valence-corrected chi connectivity index (χ3v) is 4.29. The molecule has 1 aliphatic carbocycles. The average molecular weight is 266 g/mol. The highest BCUT2D eigenvalue weighted by Crippen LogP contribution is 2.38. The second-order valence-corrected chi connectivity index (χ2v) is 5.68. The van der Waals surface area contributed by atoms with Gasteiger partial charge in [-0.05, 0) is 57.9 Å². The van der Waals surface area contributed by atoms with Crippen molar-refractivity contribution in [2.24, 2.45) is 11.7 Å². The van der Waals surface area contributed by atoms with Crippen LogP contribution >= 0.6 is 0 Å². The predicted octanol–water partition coefficient (Wildman–Crippen LogP) is 1.67. The maximum Gasteiger partial charge on any atom is 0.119 e. The monoisotopic (exact) mass is 266 g/mol. The van der Waals surface area contributed by atoms with Crippen LogP contribution < -0.4 is 5.73 Å². The Labute approximate surface area is 118 Å². The van der Waals surface area contributed by atoms with Crippen LogP contribution in [0.2, 0.25) is 0 Å². The lowest BCUT2D eigenvalue weighted by Crippen LogP contribution is -2.51. The van der Waals surface area contributed by atoms with Gasteiger partial charge in [-0.3, -0.25) is 0 Å². The van der Waals surface area contributed by atoms with Gasteiger partial charge >= 0.3 is 0 Å². The first-order valence-corrected chi connectivity index (χ1v) is 7.74. The molecular weight excluding hydrogens is 236 g/mol. The van der Waals surface area contributed by atoms with Crippen LogP contribution in [0.15, 0.2) is 0 Å². The van der Waals surface area contributed by atoms with Gasteiger partial charge in [0.05, 0.1) is 6.07 Å². The van der Waals surface area contributed by atoms with Crippen LogP contribution in [-0.2, 0) is 0 Å². The van der Waals surface area contributed by atoms with Crippen LogP contribution in [0.1, 0.15) is 40.0 Å². The fraction of sp³-hybridized carbons (Fsp3) is 0.933. The summed E-state index contributed by atoms with van der Waals surface area (Å²) in [6.45, 7) is 12.7. The van der Waals surface area contributed by atoms with Crippen LogP contribution in [0, 0.1) is 17.2 Å². The van der Waals surface area contributed by atoms with Gasteiger partial charge in [0.2, 0.25) is 0 Å². The summed E-state index contributed by atoms with van der Waals surface area (Å²) in [7, 11) is 0. The van der Waals surface area contributed by atoms with Gasteiger partial charge in [0.25, 0.3) is 0 Å². The maximum atomic E-state index is 9.32. The van der Waals surface area contributed by atoms with E-state index in [0.29, 0.717) is 5.92 Å². The second-order valence-electron chi connectivity index (χ2n) is 5.68. The summed E-state index contributed by atoms with van der Waals surface area (Å²) in [5.74, 6) is 0.425. The molecule has 1 unspecified atom stereocenters. The van der Waals surface area contributed by atoms with Crippen molar-refractivity contribution in [2.75, 3.05) is 39.3 Å². The molecule has 0 saturated heterocycles. The van der Waals surface area contributed by atoms with E-state index in [0.717, 1.165) is 58.5 Å². The van der Waals surface area contributed by atoms with Crippen molar-refractivity contribution in [1.29, 1.82) is 5.26 Å². The Morgan fingerprint density at radius 1 is 1.11 bits per heavy atom. The summed E-state index contributed by atoms with van der Waals surface area (Å²) in [6.07, 6.45) is 3.41. The van der Waals surface area contributed by atoms with Crippen LogP contribution in [0.3, 0.4) is 0 Å². The molecular formula is C15H30N4. The van der Waals surface area contributed by atoms with E-state index in [2.05, 4.69) is 36.6 Å². The fourth-order valence-corrected chi connectivity index (χ4v) is 2.63. The molecule has 0 aliphatic heterocycles. The van der Waals surface area contributed by atoms with Gasteiger partial charge in [-0.1, -0.05) is 20.8 Å². The van der Waals surface area contributed by atoms with E-state index in [-0.39, 0.29) is 0 Å². The molecule has 1 rings (SSSR count). The van der Waals surface area contributed by atoms with Gasteiger partial charge in [-0.2, -0.15) is 5.26 Å². The van der Waals surface area contributed by atoms with Crippen molar-refractivity contribution < 1.29 is 0 Å². The second kappa shape index (κ2) is 7.84. The zero-order valence-electron chi connectivity index (χ0n) is 12.9. The first kappa shape index (κ1) is 16.4. The number of hydrogen-bond donors (Lipinski definition) is 1. The first-order chi connectivity index (χ1) is 9.09. The van der Waals surface area contributed by atoms with Crippen LogP contribution in [0.4, 0.5) is 0 Å². The lowest BCUT2D eigenvalue weighted by atomic mass is 9.95. The Hall–Kier alpha value is -0.630. The molecule has 2 N–H and O–H groups in total. The quantitative estimate of drug-likeness (QED) is 0.653. The summed E-state index contributed by atoms with van der Waals surface area (Å²) < 4.78 is 0. The highest BCUT2D eigenvalue weighted by atomic mass is 15.2. The molecule has 0 aromatic rings. The Morgan fingerprint density at radius 3 is 2.05 bits per heavy atom. The minimum atomic E-state index is -0.620. The summed E-state index contributed by atoms with van der Waals surface area (Å²) in [5.41, 5.74) is 5.63. The van der Waals surface area contributed by atoms with Gasteiger partial charge in [0.15, 0.2) is 0 Å². The van der Waals surface area contributed by atoms with E-state index < -0.39 is 5.54 Å². The molecule has 4 nitrogen and oxygen atoms in total. The predicted molar refractivity (Wildman–Crippen MR) is 79.8 cm³/mol. The largest absolute Gasteiger partial charge is 0.312 e. The molecule has 0 aromatic carbocycles. The number of nitrogens with zero attached hydrogens (tertiary/aromatic N) is 3. The molecule has 1 aliphatic rings. The van der Waals surface area contributed by atoms with Gasteiger partial charge in [-0.25, -0.2) is 0 Å². The highest BCUT2D eigenvalue weighted by molar-refractivity contribution is 5.14. The zero-order valence-corrected chi connectivity index (χ0v) is 12.9. The molecule has 1 atom stereocenters. The van der Waals surface area contributed by atoms with Crippen molar-refractivity contribution in [3.05, 3.63) is 0 Å². The van der Waals surface area contributed by atoms with Crippen molar-refractivity contribution >= 4 is 0 Å². The number of nitrogens with two attached hydrogens (primary N) is 1. The Bertz CT molecular complexity index is 291. The van der Waals surface area contributed by atoms with Crippen LogP contribution in [-0.4, -0.2) is 54.6 Å². The van der Waals surface area contributed by atoms with Gasteiger partial charge < -0.3 is 15.5 Å². The highest BCUT2D eigenvalue weighted by Gasteiger charge is 2.43. The van der Waals surface area contributed by atoms with Crippen LogP contribution in [0.25, 0.3) is 0 Å².